The van der Waals surface area contributed by atoms with E-state index in [1.165, 1.54) is 0 Å². The molecule has 0 spiro atoms. The zero-order valence-corrected chi connectivity index (χ0v) is 14.5. The van der Waals surface area contributed by atoms with Crippen molar-refractivity contribution in [3.05, 3.63) is 71.4 Å². The zero-order chi connectivity index (χ0) is 18.5. The minimum Gasteiger partial charge on any atom is -0.370 e. The molecule has 3 N–H and O–H groups in total. The number of aryl methyl sites for hydroxylation is 2. The molecule has 1 heterocycles. The summed E-state index contributed by atoms with van der Waals surface area (Å²) in [6.07, 6.45) is 3.77. The highest BCUT2D eigenvalue weighted by Gasteiger charge is 2.08. The molecular formula is C20H20N4O2. The second kappa shape index (κ2) is 7.65. The number of nitrogens with two attached hydrogens (primary N) is 1. The zero-order valence-electron chi connectivity index (χ0n) is 14.5. The van der Waals surface area contributed by atoms with Crippen LogP contribution in [0.1, 0.15) is 27.9 Å². The Labute approximate surface area is 151 Å². The third-order valence-corrected chi connectivity index (χ3v) is 4.07. The summed E-state index contributed by atoms with van der Waals surface area (Å²) in [5.41, 5.74) is 11.2. The predicted octanol–water partition coefficient (Wildman–Crippen LogP) is 2.59. The van der Waals surface area contributed by atoms with Gasteiger partial charge in [0.1, 0.15) is 0 Å². The molecule has 0 fully saturated rings. The van der Waals surface area contributed by atoms with E-state index in [1.807, 2.05) is 54.1 Å². The molecule has 0 atom stereocenters. The summed E-state index contributed by atoms with van der Waals surface area (Å²) in [5.74, 6) is -0.606. The molecule has 0 saturated carbocycles. The summed E-state index contributed by atoms with van der Waals surface area (Å²) < 4.78 is 1.96. The van der Waals surface area contributed by atoms with Crippen LogP contribution in [0.2, 0.25) is 0 Å². The molecular weight excluding hydrogens is 328 g/mol. The fourth-order valence-corrected chi connectivity index (χ4v) is 2.80. The Morgan fingerprint density at radius 1 is 1.19 bits per heavy atom. The third kappa shape index (κ3) is 3.97. The van der Waals surface area contributed by atoms with Crippen LogP contribution in [-0.2, 0) is 11.3 Å². The third-order valence-electron chi connectivity index (χ3n) is 4.07. The number of nitrogens with zero attached hydrogens (tertiary/aromatic N) is 2. The van der Waals surface area contributed by atoms with Crippen LogP contribution in [0, 0.1) is 6.92 Å². The Morgan fingerprint density at radius 2 is 2.00 bits per heavy atom. The van der Waals surface area contributed by atoms with Crippen molar-refractivity contribution in [3.63, 3.8) is 0 Å². The van der Waals surface area contributed by atoms with Gasteiger partial charge in [-0.3, -0.25) is 9.59 Å². The number of hydrogen-bond donors (Lipinski definition) is 2. The number of fused-ring (bicyclic) bond motifs is 1. The van der Waals surface area contributed by atoms with Gasteiger partial charge in [-0.15, -0.1) is 0 Å². The number of benzene rings is 2. The van der Waals surface area contributed by atoms with E-state index in [0.29, 0.717) is 12.1 Å². The number of para-hydroxylation sites is 1. The van der Waals surface area contributed by atoms with Crippen LogP contribution in [0.4, 0.5) is 0 Å². The van der Waals surface area contributed by atoms with Crippen LogP contribution < -0.4 is 11.2 Å². The molecule has 3 rings (SSSR count). The van der Waals surface area contributed by atoms with Crippen molar-refractivity contribution in [2.45, 2.75) is 19.9 Å². The second-order valence-corrected chi connectivity index (χ2v) is 6.08. The first-order valence-corrected chi connectivity index (χ1v) is 8.31. The van der Waals surface area contributed by atoms with Crippen LogP contribution in [-0.4, -0.2) is 22.6 Å². The van der Waals surface area contributed by atoms with Crippen molar-refractivity contribution in [2.75, 3.05) is 0 Å². The van der Waals surface area contributed by atoms with Gasteiger partial charge in [-0.1, -0.05) is 35.9 Å². The van der Waals surface area contributed by atoms with E-state index in [9.17, 15) is 9.59 Å². The Balaban J connectivity index is 1.78. The molecule has 0 bridgehead atoms. The minimum absolute atomic E-state index is 0.262. The number of primary amides is 1. The molecule has 1 aromatic heterocycles. The lowest BCUT2D eigenvalue weighted by molar-refractivity contribution is -0.118. The van der Waals surface area contributed by atoms with Gasteiger partial charge in [0, 0.05) is 41.2 Å². The van der Waals surface area contributed by atoms with Crippen molar-refractivity contribution in [1.29, 1.82) is 0 Å². The van der Waals surface area contributed by atoms with E-state index in [2.05, 4.69) is 10.5 Å². The van der Waals surface area contributed by atoms with Crippen molar-refractivity contribution in [2.24, 2.45) is 10.8 Å². The lowest BCUT2D eigenvalue weighted by Gasteiger charge is -2.02. The monoisotopic (exact) mass is 348 g/mol. The number of carbonyl (C=O) groups excluding carboxylic acids is 2. The van der Waals surface area contributed by atoms with Gasteiger partial charge in [-0.05, 0) is 25.1 Å². The molecule has 0 unspecified atom stereocenters. The van der Waals surface area contributed by atoms with Crippen molar-refractivity contribution in [3.8, 4) is 0 Å². The summed E-state index contributed by atoms with van der Waals surface area (Å²) >= 11 is 0. The Hall–Kier alpha value is -3.41. The number of hydrogen-bond acceptors (Lipinski definition) is 3. The summed E-state index contributed by atoms with van der Waals surface area (Å²) in [5, 5.41) is 5.07. The molecule has 3 aromatic rings. The van der Waals surface area contributed by atoms with Crippen LogP contribution in [0.15, 0.2) is 59.8 Å². The Morgan fingerprint density at radius 3 is 2.77 bits per heavy atom. The number of amides is 2. The maximum absolute atomic E-state index is 12.2. The first-order chi connectivity index (χ1) is 12.5. The first kappa shape index (κ1) is 17.4. The van der Waals surface area contributed by atoms with Gasteiger partial charge in [0.15, 0.2) is 0 Å². The summed E-state index contributed by atoms with van der Waals surface area (Å²) in [4.78, 5) is 23.2. The van der Waals surface area contributed by atoms with E-state index in [0.717, 1.165) is 22.0 Å². The molecule has 6 heteroatoms. The smallest absolute Gasteiger partial charge is 0.271 e. The highest BCUT2D eigenvalue weighted by Crippen LogP contribution is 2.20. The molecule has 26 heavy (non-hydrogen) atoms. The molecule has 132 valence electrons. The summed E-state index contributed by atoms with van der Waals surface area (Å²) in [7, 11) is 0. The van der Waals surface area contributed by atoms with Crippen LogP contribution in [0.25, 0.3) is 10.9 Å². The fraction of sp³-hybridized carbons (Fsp3) is 0.150. The molecule has 0 radical (unpaired) electrons. The molecule has 6 nitrogen and oxygen atoms in total. The van der Waals surface area contributed by atoms with Crippen LogP contribution in [0.3, 0.4) is 0 Å². The standard InChI is InChI=1S/C20H20N4O2/c1-14-5-4-6-15(11-14)20(26)23-22-12-16-13-24(10-9-19(21)25)18-8-3-2-7-17(16)18/h2-8,11-13H,9-10H2,1H3,(H2,21,25)(H,23,26)/b22-12-. The van der Waals surface area contributed by atoms with Gasteiger partial charge in [0.25, 0.3) is 5.91 Å². The van der Waals surface area contributed by atoms with Gasteiger partial charge in [0.05, 0.1) is 6.21 Å². The maximum Gasteiger partial charge on any atom is 0.271 e. The minimum atomic E-state index is -0.344. The fourth-order valence-electron chi connectivity index (χ4n) is 2.80. The quantitative estimate of drug-likeness (QED) is 0.530. The molecule has 0 aliphatic rings. The first-order valence-electron chi connectivity index (χ1n) is 8.31. The summed E-state index contributed by atoms with van der Waals surface area (Å²) in [6.45, 7) is 2.43. The number of aromatic nitrogens is 1. The van der Waals surface area contributed by atoms with E-state index in [4.69, 9.17) is 5.73 Å². The molecule has 0 aliphatic carbocycles. The lowest BCUT2D eigenvalue weighted by atomic mass is 10.1. The van der Waals surface area contributed by atoms with Crippen LogP contribution in [0.5, 0.6) is 0 Å². The average Bonchev–Trinajstić information content (AvgIpc) is 2.98. The highest BCUT2D eigenvalue weighted by molar-refractivity contribution is 6.00. The largest absolute Gasteiger partial charge is 0.370 e. The van der Waals surface area contributed by atoms with E-state index in [1.54, 1.807) is 18.3 Å². The number of carbonyl (C=O) groups is 2. The van der Waals surface area contributed by atoms with E-state index < -0.39 is 0 Å². The molecule has 0 saturated heterocycles. The second-order valence-electron chi connectivity index (χ2n) is 6.08. The van der Waals surface area contributed by atoms with Crippen molar-refractivity contribution < 1.29 is 9.59 Å². The van der Waals surface area contributed by atoms with Crippen LogP contribution >= 0.6 is 0 Å². The number of rotatable bonds is 6. The molecule has 0 aliphatic heterocycles. The van der Waals surface area contributed by atoms with Crippen molar-refractivity contribution in [1.82, 2.24) is 9.99 Å². The van der Waals surface area contributed by atoms with E-state index in [-0.39, 0.29) is 18.2 Å². The van der Waals surface area contributed by atoms with Gasteiger partial charge in [-0.25, -0.2) is 5.43 Å². The van der Waals surface area contributed by atoms with Gasteiger partial charge in [0.2, 0.25) is 5.91 Å². The van der Waals surface area contributed by atoms with Crippen molar-refractivity contribution >= 4 is 28.9 Å². The number of nitrogens with one attached hydrogen (secondary N) is 1. The normalized spacial score (nSPS) is 11.1. The van der Waals surface area contributed by atoms with Gasteiger partial charge < -0.3 is 10.3 Å². The van der Waals surface area contributed by atoms with E-state index >= 15 is 0 Å². The Kier molecular flexibility index (Phi) is 5.12. The average molecular weight is 348 g/mol. The number of hydrazone groups is 1. The summed E-state index contributed by atoms with van der Waals surface area (Å²) in [6, 6.07) is 15.1. The van der Waals surface area contributed by atoms with Gasteiger partial charge in [-0.2, -0.15) is 5.10 Å². The SMILES string of the molecule is Cc1cccc(C(=O)N/N=C\c2cn(CCC(N)=O)c3ccccc23)c1. The maximum atomic E-state index is 12.2. The predicted molar refractivity (Wildman–Crippen MR) is 102 cm³/mol. The van der Waals surface area contributed by atoms with Gasteiger partial charge >= 0.3 is 0 Å². The highest BCUT2D eigenvalue weighted by atomic mass is 16.2. The Bertz CT molecular complexity index is 988. The topological polar surface area (TPSA) is 89.5 Å². The molecule has 2 amide bonds. The lowest BCUT2D eigenvalue weighted by Crippen LogP contribution is -2.17. The molecule has 2 aromatic carbocycles.